The van der Waals surface area contributed by atoms with E-state index in [0.29, 0.717) is 21.9 Å². The van der Waals surface area contributed by atoms with Gasteiger partial charge in [-0.05, 0) is 42.7 Å². The summed E-state index contributed by atoms with van der Waals surface area (Å²) in [5.41, 5.74) is 1.21. The molecule has 0 unspecified atom stereocenters. The molecular weight excluding hydrogens is 400 g/mol. The van der Waals surface area contributed by atoms with Gasteiger partial charge in [-0.2, -0.15) is 4.99 Å². The van der Waals surface area contributed by atoms with E-state index in [9.17, 15) is 9.59 Å². The molecular formula is C19H16N2O5S2. The van der Waals surface area contributed by atoms with Gasteiger partial charge in [0.2, 0.25) is 6.79 Å². The highest BCUT2D eigenvalue weighted by molar-refractivity contribution is 7.98. The number of hydrogen-bond donors (Lipinski definition) is 0. The van der Waals surface area contributed by atoms with Crippen LogP contribution in [0.4, 0.5) is 0 Å². The minimum Gasteiger partial charge on any atom is -0.468 e. The van der Waals surface area contributed by atoms with Gasteiger partial charge < -0.3 is 18.8 Å². The van der Waals surface area contributed by atoms with Gasteiger partial charge in [0.05, 0.1) is 17.3 Å². The lowest BCUT2D eigenvalue weighted by Crippen LogP contribution is -2.22. The van der Waals surface area contributed by atoms with Crippen LogP contribution in [0.1, 0.15) is 10.4 Å². The van der Waals surface area contributed by atoms with Crippen LogP contribution in [0.2, 0.25) is 0 Å². The molecule has 4 rings (SSSR count). The summed E-state index contributed by atoms with van der Waals surface area (Å²) in [6.45, 7) is 0.111. The minimum absolute atomic E-state index is 0.0254. The Hall–Kier alpha value is -2.78. The Morgan fingerprint density at radius 1 is 1.21 bits per heavy atom. The number of methoxy groups -OCH3 is 1. The largest absolute Gasteiger partial charge is 0.468 e. The van der Waals surface area contributed by atoms with Crippen molar-refractivity contribution in [1.82, 2.24) is 4.57 Å². The van der Waals surface area contributed by atoms with Gasteiger partial charge in [-0.15, -0.1) is 11.8 Å². The molecule has 1 amide bonds. The molecule has 0 spiro atoms. The van der Waals surface area contributed by atoms with E-state index in [1.165, 1.54) is 18.4 Å². The molecule has 1 aromatic heterocycles. The molecule has 9 heteroatoms. The number of amides is 1. The zero-order chi connectivity index (χ0) is 19.7. The van der Waals surface area contributed by atoms with Crippen LogP contribution in [0.3, 0.4) is 0 Å². The fourth-order valence-corrected chi connectivity index (χ4v) is 4.37. The van der Waals surface area contributed by atoms with Crippen LogP contribution in [0, 0.1) is 0 Å². The second-order valence-corrected chi connectivity index (χ2v) is 7.75. The standard InChI is InChI=1S/C19H16N2O5S2/c1-24-17(22)9-21-13-5-4-12(27-2)8-16(13)28-19(21)20-18(23)11-3-6-14-15(7-11)26-10-25-14/h3-8H,9-10H2,1-2H3. The summed E-state index contributed by atoms with van der Waals surface area (Å²) < 4.78 is 18.0. The average molecular weight is 416 g/mol. The first-order valence-corrected chi connectivity index (χ1v) is 10.4. The van der Waals surface area contributed by atoms with Crippen molar-refractivity contribution in [1.29, 1.82) is 0 Å². The maximum atomic E-state index is 12.7. The Bertz CT molecular complexity index is 1150. The Balaban J connectivity index is 1.80. The first kappa shape index (κ1) is 18.6. The lowest BCUT2D eigenvalue weighted by atomic mass is 10.2. The number of esters is 1. The summed E-state index contributed by atoms with van der Waals surface area (Å²) in [6, 6.07) is 10.8. The number of thiazole rings is 1. The van der Waals surface area contributed by atoms with Gasteiger partial charge >= 0.3 is 5.97 Å². The average Bonchev–Trinajstić information content (AvgIpc) is 3.31. The van der Waals surface area contributed by atoms with Gasteiger partial charge in [-0.25, -0.2) is 0 Å². The highest BCUT2D eigenvalue weighted by atomic mass is 32.2. The van der Waals surface area contributed by atoms with Crippen LogP contribution in [-0.4, -0.2) is 36.6 Å². The number of carbonyl (C=O) groups is 2. The molecule has 0 saturated carbocycles. The van der Waals surface area contributed by atoms with E-state index < -0.39 is 11.9 Å². The third-order valence-corrected chi connectivity index (χ3v) is 5.99. The number of aromatic nitrogens is 1. The monoisotopic (exact) mass is 416 g/mol. The summed E-state index contributed by atoms with van der Waals surface area (Å²) in [5.74, 6) is 0.285. The van der Waals surface area contributed by atoms with Crippen LogP contribution < -0.4 is 14.3 Å². The third-order valence-electron chi connectivity index (χ3n) is 4.22. The van der Waals surface area contributed by atoms with E-state index in [4.69, 9.17) is 14.2 Å². The Labute approximate surface area is 168 Å². The summed E-state index contributed by atoms with van der Waals surface area (Å²) in [6.07, 6.45) is 1.99. The fraction of sp³-hybridized carbons (Fsp3) is 0.211. The maximum absolute atomic E-state index is 12.7. The predicted octanol–water partition coefficient (Wildman–Crippen LogP) is 3.07. The fourth-order valence-electron chi connectivity index (χ4n) is 2.79. The van der Waals surface area contributed by atoms with Crippen LogP contribution in [-0.2, 0) is 16.1 Å². The molecule has 0 saturated heterocycles. The Morgan fingerprint density at radius 2 is 2.04 bits per heavy atom. The van der Waals surface area contributed by atoms with Crippen molar-refractivity contribution in [2.24, 2.45) is 4.99 Å². The van der Waals surface area contributed by atoms with Crippen molar-refractivity contribution < 1.29 is 23.8 Å². The molecule has 144 valence electrons. The molecule has 0 radical (unpaired) electrons. The molecule has 7 nitrogen and oxygen atoms in total. The summed E-state index contributed by atoms with van der Waals surface area (Å²) in [5, 5.41) is 0. The highest BCUT2D eigenvalue weighted by Gasteiger charge is 2.17. The molecule has 0 atom stereocenters. The zero-order valence-corrected chi connectivity index (χ0v) is 16.8. The van der Waals surface area contributed by atoms with E-state index in [1.54, 1.807) is 34.5 Å². The van der Waals surface area contributed by atoms with Crippen molar-refractivity contribution in [3.05, 3.63) is 46.8 Å². The lowest BCUT2D eigenvalue weighted by Gasteiger charge is -2.04. The van der Waals surface area contributed by atoms with Gasteiger partial charge in [-0.1, -0.05) is 11.3 Å². The molecule has 3 aromatic rings. The number of nitrogens with zero attached hydrogens (tertiary/aromatic N) is 2. The van der Waals surface area contributed by atoms with Crippen LogP contribution in [0.15, 0.2) is 46.3 Å². The van der Waals surface area contributed by atoms with Gasteiger partial charge in [0.15, 0.2) is 16.3 Å². The normalized spacial score (nSPS) is 13.1. The third kappa shape index (κ3) is 3.50. The number of carbonyl (C=O) groups excluding carboxylic acids is 2. The predicted molar refractivity (Wildman–Crippen MR) is 106 cm³/mol. The van der Waals surface area contributed by atoms with E-state index >= 15 is 0 Å². The number of fused-ring (bicyclic) bond motifs is 2. The molecule has 1 aliphatic rings. The second kappa shape index (κ2) is 7.69. The summed E-state index contributed by atoms with van der Waals surface area (Å²) >= 11 is 2.97. The lowest BCUT2D eigenvalue weighted by molar-refractivity contribution is -0.141. The van der Waals surface area contributed by atoms with Gasteiger partial charge in [-0.3, -0.25) is 9.59 Å². The number of benzene rings is 2. The van der Waals surface area contributed by atoms with E-state index in [-0.39, 0.29) is 13.3 Å². The Kier molecular flexibility index (Phi) is 5.10. The topological polar surface area (TPSA) is 79.1 Å². The molecule has 0 bridgehead atoms. The van der Waals surface area contributed by atoms with Crippen molar-refractivity contribution in [3.63, 3.8) is 0 Å². The van der Waals surface area contributed by atoms with Crippen LogP contribution in [0.25, 0.3) is 10.2 Å². The zero-order valence-electron chi connectivity index (χ0n) is 15.1. The highest BCUT2D eigenvalue weighted by Crippen LogP contribution is 2.32. The van der Waals surface area contributed by atoms with Gasteiger partial charge in [0, 0.05) is 10.5 Å². The molecule has 0 aliphatic carbocycles. The van der Waals surface area contributed by atoms with E-state index in [2.05, 4.69) is 4.99 Å². The van der Waals surface area contributed by atoms with Crippen molar-refractivity contribution >= 4 is 45.2 Å². The number of ether oxygens (including phenoxy) is 3. The van der Waals surface area contributed by atoms with Gasteiger partial charge in [0.25, 0.3) is 5.91 Å². The van der Waals surface area contributed by atoms with Crippen molar-refractivity contribution in [3.8, 4) is 11.5 Å². The van der Waals surface area contributed by atoms with E-state index in [0.717, 1.165) is 15.1 Å². The number of thioether (sulfide) groups is 1. The summed E-state index contributed by atoms with van der Waals surface area (Å²) in [4.78, 5) is 30.4. The van der Waals surface area contributed by atoms with Crippen molar-refractivity contribution in [2.75, 3.05) is 20.2 Å². The molecule has 0 N–H and O–H groups in total. The molecule has 1 aliphatic heterocycles. The minimum atomic E-state index is -0.423. The number of hydrogen-bond acceptors (Lipinski definition) is 7. The smallest absolute Gasteiger partial charge is 0.325 e. The summed E-state index contributed by atoms with van der Waals surface area (Å²) in [7, 11) is 1.33. The molecule has 28 heavy (non-hydrogen) atoms. The van der Waals surface area contributed by atoms with Crippen molar-refractivity contribution in [2.45, 2.75) is 11.4 Å². The number of rotatable bonds is 4. The first-order valence-electron chi connectivity index (χ1n) is 8.32. The maximum Gasteiger partial charge on any atom is 0.325 e. The Morgan fingerprint density at radius 3 is 2.82 bits per heavy atom. The second-order valence-electron chi connectivity index (χ2n) is 5.87. The van der Waals surface area contributed by atoms with E-state index in [1.807, 2.05) is 24.5 Å². The molecule has 2 aromatic carbocycles. The first-order chi connectivity index (χ1) is 13.6. The van der Waals surface area contributed by atoms with Crippen LogP contribution >= 0.6 is 23.1 Å². The van der Waals surface area contributed by atoms with Crippen LogP contribution in [0.5, 0.6) is 11.5 Å². The SMILES string of the molecule is COC(=O)Cn1c(=NC(=O)c2ccc3c(c2)OCO3)sc2cc(SC)ccc21. The molecule has 0 fully saturated rings. The van der Waals surface area contributed by atoms with Gasteiger partial charge in [0.1, 0.15) is 6.54 Å². The quantitative estimate of drug-likeness (QED) is 0.480. The molecule has 2 heterocycles.